The molecule has 0 radical (unpaired) electrons. The van der Waals surface area contributed by atoms with Gasteiger partial charge in [0.1, 0.15) is 0 Å². The topological polar surface area (TPSA) is 106 Å². The van der Waals surface area contributed by atoms with Gasteiger partial charge in [0.25, 0.3) is 0 Å². The fourth-order valence-electron chi connectivity index (χ4n) is 2.42. The van der Waals surface area contributed by atoms with Gasteiger partial charge >= 0.3 is 8.80 Å². The van der Waals surface area contributed by atoms with Crippen molar-refractivity contribution in [2.24, 2.45) is 17.2 Å². The van der Waals surface area contributed by atoms with Crippen LogP contribution in [0.5, 0.6) is 0 Å². The van der Waals surface area contributed by atoms with Gasteiger partial charge in [-0.25, -0.2) is 0 Å². The predicted octanol–water partition coefficient (Wildman–Crippen LogP) is 0.820. The van der Waals surface area contributed by atoms with E-state index in [0.29, 0.717) is 32.9 Å². The minimum absolute atomic E-state index is 0.0322. The SMILES string of the molecule is CCO[Si](OCC)(OCC)C(CCN)CC(N)CCN. The number of nitrogens with two attached hydrogens (primary N) is 3. The number of rotatable bonds is 13. The first-order chi connectivity index (χ1) is 9.60. The fourth-order valence-corrected chi connectivity index (χ4v) is 5.70. The lowest BCUT2D eigenvalue weighted by molar-refractivity contribution is 0.0579. The zero-order chi connectivity index (χ0) is 15.4. The van der Waals surface area contributed by atoms with Gasteiger partial charge in [-0.2, -0.15) is 0 Å². The van der Waals surface area contributed by atoms with Gasteiger partial charge in [-0.1, -0.05) is 0 Å². The van der Waals surface area contributed by atoms with Crippen LogP contribution in [0.15, 0.2) is 0 Å². The number of hydrogen-bond acceptors (Lipinski definition) is 6. The van der Waals surface area contributed by atoms with Crippen LogP contribution in [0.25, 0.3) is 0 Å². The molecule has 20 heavy (non-hydrogen) atoms. The molecule has 0 heterocycles. The largest absolute Gasteiger partial charge is 0.504 e. The van der Waals surface area contributed by atoms with Crippen molar-refractivity contribution in [2.45, 2.75) is 51.6 Å². The third-order valence-electron chi connectivity index (χ3n) is 3.18. The molecule has 0 aromatic heterocycles. The minimum atomic E-state index is -2.74. The maximum absolute atomic E-state index is 6.14. The van der Waals surface area contributed by atoms with Crippen molar-refractivity contribution in [1.82, 2.24) is 0 Å². The summed E-state index contributed by atoms with van der Waals surface area (Å²) in [7, 11) is -2.74. The third kappa shape index (κ3) is 6.62. The molecule has 7 heteroatoms. The molecule has 0 spiro atoms. The summed E-state index contributed by atoms with van der Waals surface area (Å²) in [4.78, 5) is 0. The van der Waals surface area contributed by atoms with Crippen molar-refractivity contribution in [3.05, 3.63) is 0 Å². The molecule has 0 saturated carbocycles. The molecule has 0 aliphatic heterocycles. The normalized spacial score (nSPS) is 15.3. The maximum Gasteiger partial charge on any atom is 0.504 e. The lowest BCUT2D eigenvalue weighted by Gasteiger charge is -2.36. The Morgan fingerprint density at radius 1 is 0.850 bits per heavy atom. The van der Waals surface area contributed by atoms with Gasteiger partial charge in [-0.05, 0) is 53.1 Å². The van der Waals surface area contributed by atoms with Crippen molar-refractivity contribution in [3.8, 4) is 0 Å². The molecule has 0 rings (SSSR count). The summed E-state index contributed by atoms with van der Waals surface area (Å²) in [5.74, 6) is 0. The van der Waals surface area contributed by atoms with E-state index >= 15 is 0 Å². The van der Waals surface area contributed by atoms with Crippen LogP contribution in [0, 0.1) is 0 Å². The van der Waals surface area contributed by atoms with Crippen LogP contribution < -0.4 is 17.2 Å². The van der Waals surface area contributed by atoms with E-state index in [1.54, 1.807) is 0 Å². The van der Waals surface area contributed by atoms with Gasteiger partial charge in [-0.3, -0.25) is 0 Å². The second-order valence-corrected chi connectivity index (χ2v) is 7.64. The molecule has 0 bridgehead atoms. The number of hydrogen-bond donors (Lipinski definition) is 3. The summed E-state index contributed by atoms with van der Waals surface area (Å²) >= 11 is 0. The standard InChI is InChI=1S/C13H33N3O3Si/c1-4-17-20(18-5-2,19-6-3)13(8-10-15)11-12(16)7-9-14/h12-13H,4-11,14-16H2,1-3H3. The molecule has 0 aliphatic rings. The van der Waals surface area contributed by atoms with Gasteiger partial charge in [-0.15, -0.1) is 0 Å². The van der Waals surface area contributed by atoms with Crippen LogP contribution in [-0.4, -0.2) is 47.8 Å². The molecule has 122 valence electrons. The Hall–Kier alpha value is -0.0231. The Bertz CT molecular complexity index is 218. The van der Waals surface area contributed by atoms with Crippen molar-refractivity contribution >= 4 is 8.80 Å². The fraction of sp³-hybridized carbons (Fsp3) is 1.00. The highest BCUT2D eigenvalue weighted by Gasteiger charge is 2.48. The molecule has 0 fully saturated rings. The highest BCUT2D eigenvalue weighted by atomic mass is 28.4. The third-order valence-corrected chi connectivity index (χ3v) is 6.77. The highest BCUT2D eigenvalue weighted by Crippen LogP contribution is 2.33. The molecule has 2 atom stereocenters. The summed E-state index contributed by atoms with van der Waals surface area (Å²) in [6.07, 6.45) is 2.36. The van der Waals surface area contributed by atoms with Crippen LogP contribution >= 0.6 is 0 Å². The second kappa shape index (κ2) is 11.6. The molecule has 0 saturated heterocycles. The molecule has 0 aromatic carbocycles. The first-order valence-electron chi connectivity index (χ1n) is 7.67. The van der Waals surface area contributed by atoms with E-state index in [0.717, 1.165) is 19.3 Å². The lowest BCUT2D eigenvalue weighted by atomic mass is 10.1. The smallest absolute Gasteiger partial charge is 0.374 e. The Morgan fingerprint density at radius 2 is 1.30 bits per heavy atom. The monoisotopic (exact) mass is 307 g/mol. The van der Waals surface area contributed by atoms with Crippen LogP contribution in [-0.2, 0) is 13.3 Å². The van der Waals surface area contributed by atoms with E-state index in [1.807, 2.05) is 20.8 Å². The Kier molecular flexibility index (Phi) is 11.6. The van der Waals surface area contributed by atoms with E-state index in [1.165, 1.54) is 0 Å². The van der Waals surface area contributed by atoms with Gasteiger partial charge in [0, 0.05) is 31.4 Å². The first-order valence-corrected chi connectivity index (χ1v) is 9.47. The van der Waals surface area contributed by atoms with Gasteiger partial charge in [0.15, 0.2) is 0 Å². The van der Waals surface area contributed by atoms with E-state index in [-0.39, 0.29) is 11.6 Å². The second-order valence-electron chi connectivity index (χ2n) is 4.75. The van der Waals surface area contributed by atoms with Crippen molar-refractivity contribution in [2.75, 3.05) is 32.9 Å². The maximum atomic E-state index is 6.14. The molecule has 0 amide bonds. The van der Waals surface area contributed by atoms with Gasteiger partial charge in [0.05, 0.1) is 0 Å². The average molecular weight is 308 g/mol. The summed E-state index contributed by atoms with van der Waals surface area (Å²) < 4.78 is 17.9. The summed E-state index contributed by atoms with van der Waals surface area (Å²) in [5, 5.41) is 0. The van der Waals surface area contributed by atoms with Crippen molar-refractivity contribution < 1.29 is 13.3 Å². The van der Waals surface area contributed by atoms with Gasteiger partial charge in [0.2, 0.25) is 0 Å². The van der Waals surface area contributed by atoms with Crippen LogP contribution in [0.4, 0.5) is 0 Å². The molecular formula is C13H33N3O3Si. The molecule has 6 nitrogen and oxygen atoms in total. The average Bonchev–Trinajstić information content (AvgIpc) is 2.39. The van der Waals surface area contributed by atoms with E-state index in [9.17, 15) is 0 Å². The van der Waals surface area contributed by atoms with Crippen molar-refractivity contribution in [3.63, 3.8) is 0 Å². The van der Waals surface area contributed by atoms with E-state index in [4.69, 9.17) is 30.5 Å². The molecular weight excluding hydrogens is 274 g/mol. The summed E-state index contributed by atoms with van der Waals surface area (Å²) in [6, 6.07) is 0.0322. The molecule has 0 aliphatic carbocycles. The Morgan fingerprint density at radius 3 is 1.65 bits per heavy atom. The molecule has 0 aromatic rings. The Labute approximate surface area is 124 Å². The first kappa shape index (κ1) is 20.0. The van der Waals surface area contributed by atoms with E-state index in [2.05, 4.69) is 0 Å². The molecule has 6 N–H and O–H groups in total. The van der Waals surface area contributed by atoms with Crippen LogP contribution in [0.1, 0.15) is 40.0 Å². The minimum Gasteiger partial charge on any atom is -0.374 e. The highest BCUT2D eigenvalue weighted by molar-refractivity contribution is 6.62. The Balaban J connectivity index is 5.04. The van der Waals surface area contributed by atoms with Crippen LogP contribution in [0.2, 0.25) is 5.54 Å². The van der Waals surface area contributed by atoms with Crippen molar-refractivity contribution in [1.29, 1.82) is 0 Å². The van der Waals surface area contributed by atoms with Crippen LogP contribution in [0.3, 0.4) is 0 Å². The summed E-state index contributed by atoms with van der Waals surface area (Å²) in [5.41, 5.74) is 17.6. The molecule has 2 unspecified atom stereocenters. The summed E-state index contributed by atoms with van der Waals surface area (Å²) in [6.45, 7) is 8.74. The predicted molar refractivity (Wildman–Crippen MR) is 84.3 cm³/mol. The van der Waals surface area contributed by atoms with E-state index < -0.39 is 8.80 Å². The zero-order valence-electron chi connectivity index (χ0n) is 13.3. The zero-order valence-corrected chi connectivity index (χ0v) is 14.3. The lowest BCUT2D eigenvalue weighted by Crippen LogP contribution is -2.52. The quantitative estimate of drug-likeness (QED) is 0.435. The van der Waals surface area contributed by atoms with Gasteiger partial charge < -0.3 is 30.5 Å².